The summed E-state index contributed by atoms with van der Waals surface area (Å²) in [6.07, 6.45) is 2.01. The van der Waals surface area contributed by atoms with Crippen LogP contribution in [-0.2, 0) is 11.2 Å². The first-order chi connectivity index (χ1) is 10.2. The molecular weight excluding hydrogens is 262 g/mol. The second-order valence-electron chi connectivity index (χ2n) is 5.39. The van der Waals surface area contributed by atoms with Gasteiger partial charge in [-0.15, -0.1) is 0 Å². The summed E-state index contributed by atoms with van der Waals surface area (Å²) in [5, 5.41) is 20.4. The van der Waals surface area contributed by atoms with E-state index in [0.29, 0.717) is 25.7 Å². The van der Waals surface area contributed by atoms with Crippen LogP contribution in [0, 0.1) is 5.41 Å². The smallest absolute Gasteiger partial charge is 0.168 e. The van der Waals surface area contributed by atoms with Crippen LogP contribution in [0.2, 0.25) is 0 Å². The van der Waals surface area contributed by atoms with Crippen molar-refractivity contribution in [2.75, 3.05) is 0 Å². The molecule has 0 unspecified atom stereocenters. The second-order valence-corrected chi connectivity index (χ2v) is 5.39. The molecule has 106 valence electrons. The molecule has 2 aromatic carbocycles. The van der Waals surface area contributed by atoms with Crippen molar-refractivity contribution >= 4 is 22.3 Å². The summed E-state index contributed by atoms with van der Waals surface area (Å²) in [4.78, 5) is 11.9. The van der Waals surface area contributed by atoms with Gasteiger partial charge < -0.3 is 10.5 Å². The van der Waals surface area contributed by atoms with E-state index in [0.717, 1.165) is 16.3 Å². The monoisotopic (exact) mass is 279 g/mol. The highest BCUT2D eigenvalue weighted by Crippen LogP contribution is 2.24. The zero-order chi connectivity index (χ0) is 14.8. The van der Waals surface area contributed by atoms with E-state index in [1.165, 1.54) is 0 Å². The van der Waals surface area contributed by atoms with Gasteiger partial charge >= 0.3 is 0 Å². The van der Waals surface area contributed by atoms with Gasteiger partial charge in [-0.05, 0) is 29.2 Å². The normalized spacial score (nSPS) is 18.1. The fraction of sp³-hybridized carbons (Fsp3) is 0.222. The topological polar surface area (TPSA) is 61.2 Å². The fourth-order valence-electron chi connectivity index (χ4n) is 2.89. The lowest BCUT2D eigenvalue weighted by molar-refractivity contribution is -0.115. The number of ketones is 1. The summed E-state index contributed by atoms with van der Waals surface area (Å²) in [5.74, 6) is -0.0787. The van der Waals surface area contributed by atoms with Crippen molar-refractivity contribution in [3.63, 3.8) is 0 Å². The Morgan fingerprint density at radius 1 is 1.10 bits per heavy atom. The van der Waals surface area contributed by atoms with Crippen molar-refractivity contribution in [2.45, 2.75) is 25.7 Å². The molecule has 0 aliphatic heterocycles. The minimum absolute atomic E-state index is 0.0288. The highest BCUT2D eigenvalue weighted by molar-refractivity contribution is 6.23. The van der Waals surface area contributed by atoms with Crippen LogP contribution < -0.4 is 0 Å². The number of benzene rings is 2. The lowest BCUT2D eigenvalue weighted by atomic mass is 9.89. The van der Waals surface area contributed by atoms with Gasteiger partial charge in [0, 0.05) is 18.6 Å². The first-order valence-electron chi connectivity index (χ1n) is 7.16. The van der Waals surface area contributed by atoms with Gasteiger partial charge in [0.15, 0.2) is 5.78 Å². The third kappa shape index (κ3) is 2.59. The van der Waals surface area contributed by atoms with E-state index in [9.17, 15) is 9.90 Å². The molecule has 21 heavy (non-hydrogen) atoms. The zero-order valence-corrected chi connectivity index (χ0v) is 11.7. The summed E-state index contributed by atoms with van der Waals surface area (Å²) < 4.78 is 0. The number of Topliss-reactive ketones (excluding diaryl/α,β-unsaturated/α-hetero) is 1. The van der Waals surface area contributed by atoms with Crippen LogP contribution in [-0.4, -0.2) is 16.6 Å². The van der Waals surface area contributed by atoms with Gasteiger partial charge in [-0.25, -0.2) is 0 Å². The molecule has 0 amide bonds. The van der Waals surface area contributed by atoms with E-state index in [1.54, 1.807) is 0 Å². The van der Waals surface area contributed by atoms with Crippen LogP contribution >= 0.6 is 0 Å². The van der Waals surface area contributed by atoms with Gasteiger partial charge in [-0.1, -0.05) is 42.5 Å². The molecule has 0 atom stereocenters. The number of carbonyl (C=O) groups is 1. The lowest BCUT2D eigenvalue weighted by Gasteiger charge is -2.16. The number of aliphatic hydroxyl groups is 1. The van der Waals surface area contributed by atoms with Gasteiger partial charge in [0.25, 0.3) is 0 Å². The Hall–Kier alpha value is -2.42. The van der Waals surface area contributed by atoms with Crippen LogP contribution in [0.5, 0.6) is 0 Å². The average Bonchev–Trinajstić information content (AvgIpc) is 2.47. The number of hydrogen-bond donors (Lipinski definition) is 2. The number of rotatable bonds is 2. The maximum Gasteiger partial charge on any atom is 0.168 e. The molecule has 1 aliphatic rings. The minimum atomic E-state index is -0.107. The number of carbonyl (C=O) groups excluding carboxylic acids is 1. The minimum Gasteiger partial charge on any atom is -0.511 e. The van der Waals surface area contributed by atoms with E-state index in [-0.39, 0.29) is 22.8 Å². The van der Waals surface area contributed by atoms with Crippen molar-refractivity contribution < 1.29 is 9.90 Å². The van der Waals surface area contributed by atoms with Crippen molar-refractivity contribution in [3.05, 3.63) is 59.4 Å². The Balaban J connectivity index is 2.02. The predicted octanol–water partition coefficient (Wildman–Crippen LogP) is 3.97. The molecule has 1 fully saturated rings. The van der Waals surface area contributed by atoms with Crippen molar-refractivity contribution in [2.24, 2.45) is 0 Å². The van der Waals surface area contributed by atoms with Crippen LogP contribution in [0.25, 0.3) is 10.8 Å². The molecule has 3 rings (SSSR count). The third-order valence-corrected chi connectivity index (χ3v) is 3.94. The van der Waals surface area contributed by atoms with Gasteiger partial charge in [0.2, 0.25) is 0 Å². The largest absolute Gasteiger partial charge is 0.511 e. The number of nitrogens with one attached hydrogen (secondary N) is 1. The molecule has 2 aromatic rings. The molecule has 0 bridgehead atoms. The van der Waals surface area contributed by atoms with Crippen LogP contribution in [0.4, 0.5) is 0 Å². The van der Waals surface area contributed by atoms with E-state index >= 15 is 0 Å². The maximum atomic E-state index is 11.9. The van der Waals surface area contributed by atoms with Crippen molar-refractivity contribution in [1.82, 2.24) is 0 Å². The summed E-state index contributed by atoms with van der Waals surface area (Å²) in [6, 6.07) is 13.9. The van der Waals surface area contributed by atoms with E-state index < -0.39 is 0 Å². The molecule has 3 heteroatoms. The molecule has 0 aromatic heterocycles. The fourth-order valence-corrected chi connectivity index (χ4v) is 2.89. The number of allylic oxidation sites excluding steroid dienone is 2. The third-order valence-electron chi connectivity index (χ3n) is 3.94. The Morgan fingerprint density at radius 2 is 1.86 bits per heavy atom. The summed E-state index contributed by atoms with van der Waals surface area (Å²) in [5.41, 5.74) is 1.47. The van der Waals surface area contributed by atoms with Crippen molar-refractivity contribution in [1.29, 1.82) is 5.41 Å². The van der Waals surface area contributed by atoms with E-state index in [1.807, 2.05) is 42.5 Å². The molecule has 1 aliphatic carbocycles. The number of fused-ring (bicyclic) bond motifs is 1. The highest BCUT2D eigenvalue weighted by Gasteiger charge is 2.24. The standard InChI is InChI=1S/C18H17NO2/c19-15-9-4-10-16(20)18(15)17(21)11-13-7-3-6-12-5-1-2-8-14(12)13/h1-3,5-8,19,21H,4,9-11H2/b18-17+,19-15?. The Bertz CT molecular complexity index is 735. The molecule has 3 nitrogen and oxygen atoms in total. The highest BCUT2D eigenvalue weighted by atomic mass is 16.3. The summed E-state index contributed by atoms with van der Waals surface area (Å²) in [6.45, 7) is 0. The first kappa shape index (κ1) is 13.6. The average molecular weight is 279 g/mol. The molecule has 0 saturated heterocycles. The predicted molar refractivity (Wildman–Crippen MR) is 83.9 cm³/mol. The molecule has 0 heterocycles. The van der Waals surface area contributed by atoms with Gasteiger partial charge in [-0.2, -0.15) is 0 Å². The quantitative estimate of drug-likeness (QED) is 0.645. The second kappa shape index (κ2) is 5.52. The van der Waals surface area contributed by atoms with E-state index in [2.05, 4.69) is 0 Å². The Kier molecular flexibility index (Phi) is 3.57. The van der Waals surface area contributed by atoms with Gasteiger partial charge in [0.1, 0.15) is 5.76 Å². The Labute approximate surface area is 123 Å². The van der Waals surface area contributed by atoms with Gasteiger partial charge in [-0.3, -0.25) is 4.79 Å². The SMILES string of the molecule is N=C1CCCC(=O)/C1=C(/O)Cc1cccc2ccccc12. The van der Waals surface area contributed by atoms with Crippen LogP contribution in [0.15, 0.2) is 53.8 Å². The first-order valence-corrected chi connectivity index (χ1v) is 7.16. The number of hydrogen-bond acceptors (Lipinski definition) is 3. The molecular formula is C18H17NO2. The summed E-state index contributed by atoms with van der Waals surface area (Å²) in [7, 11) is 0. The summed E-state index contributed by atoms with van der Waals surface area (Å²) >= 11 is 0. The molecule has 1 saturated carbocycles. The molecule has 2 N–H and O–H groups in total. The van der Waals surface area contributed by atoms with Crippen LogP contribution in [0.1, 0.15) is 24.8 Å². The maximum absolute atomic E-state index is 11.9. The number of aliphatic hydroxyl groups excluding tert-OH is 1. The zero-order valence-electron chi connectivity index (χ0n) is 11.7. The molecule has 0 spiro atoms. The Morgan fingerprint density at radius 3 is 2.67 bits per heavy atom. The molecule has 0 radical (unpaired) electrons. The van der Waals surface area contributed by atoms with Crippen molar-refractivity contribution in [3.8, 4) is 0 Å². The van der Waals surface area contributed by atoms with Gasteiger partial charge in [0.05, 0.1) is 5.57 Å². The lowest BCUT2D eigenvalue weighted by Crippen LogP contribution is -2.20. The van der Waals surface area contributed by atoms with Crippen LogP contribution in [0.3, 0.4) is 0 Å². The van der Waals surface area contributed by atoms with E-state index in [4.69, 9.17) is 5.41 Å².